The van der Waals surface area contributed by atoms with Crippen molar-refractivity contribution in [1.82, 2.24) is 20.4 Å². The van der Waals surface area contributed by atoms with Gasteiger partial charge in [-0.1, -0.05) is 23.1 Å². The molecule has 0 unspecified atom stereocenters. The van der Waals surface area contributed by atoms with Crippen LogP contribution in [0.3, 0.4) is 0 Å². The van der Waals surface area contributed by atoms with Crippen LogP contribution < -0.4 is 11.1 Å². The van der Waals surface area contributed by atoms with E-state index in [1.807, 2.05) is 0 Å². The fourth-order valence-corrected chi connectivity index (χ4v) is 5.52. The number of thioether (sulfide) groups is 2. The van der Waals surface area contributed by atoms with Gasteiger partial charge < -0.3 is 25.6 Å². The van der Waals surface area contributed by atoms with Gasteiger partial charge in [0.05, 0.1) is 5.75 Å². The molecule has 1 fully saturated rings. The van der Waals surface area contributed by atoms with Gasteiger partial charge in [-0.3, -0.25) is 14.5 Å². The first-order valence-electron chi connectivity index (χ1n) is 7.88. The van der Waals surface area contributed by atoms with E-state index in [0.717, 1.165) is 16.7 Å². The molecule has 1 saturated heterocycles. The zero-order chi connectivity index (χ0) is 21.2. The summed E-state index contributed by atoms with van der Waals surface area (Å²) in [6.07, 6.45) is -1.06. The zero-order valence-electron chi connectivity index (χ0n) is 14.8. The van der Waals surface area contributed by atoms with Crippen molar-refractivity contribution < 1.29 is 33.8 Å². The van der Waals surface area contributed by atoms with E-state index in [1.54, 1.807) is 0 Å². The van der Waals surface area contributed by atoms with Crippen LogP contribution >= 0.6 is 34.9 Å². The third-order valence-electron chi connectivity index (χ3n) is 4.02. The summed E-state index contributed by atoms with van der Waals surface area (Å²) < 4.78 is 10.6. The number of rotatable bonds is 8. The van der Waals surface area contributed by atoms with Crippen molar-refractivity contribution in [3.05, 3.63) is 16.8 Å². The maximum atomic E-state index is 12.8. The second-order valence-corrected chi connectivity index (χ2v) is 8.81. The number of carbonyl (C=O) groups excluding carboxylic acids is 3. The summed E-state index contributed by atoms with van der Waals surface area (Å²) in [6, 6.07) is 0. The monoisotopic (exact) mass is 461 g/mol. The molecule has 2 aliphatic rings. The molecular formula is C14H15N5O7S3. The lowest BCUT2D eigenvalue weighted by Crippen LogP contribution is -2.80. The number of amides is 3. The number of nitrogens with two attached hydrogens (primary N) is 1. The first-order valence-corrected chi connectivity index (χ1v) is 10.8. The number of β-lactam (4-membered cyclic amide) rings is 1. The Labute approximate surface area is 176 Å². The largest absolute Gasteiger partial charge is 0.477 e. The van der Waals surface area contributed by atoms with E-state index in [2.05, 4.69) is 20.3 Å². The minimum Gasteiger partial charge on any atom is -0.477 e. The lowest BCUT2D eigenvalue weighted by Gasteiger charge is -2.55. The van der Waals surface area contributed by atoms with E-state index in [9.17, 15) is 24.3 Å². The van der Waals surface area contributed by atoms with E-state index in [4.69, 9.17) is 10.5 Å². The van der Waals surface area contributed by atoms with Crippen LogP contribution in [0.5, 0.6) is 0 Å². The van der Waals surface area contributed by atoms with Crippen LogP contribution in [0.15, 0.2) is 21.1 Å². The van der Waals surface area contributed by atoms with Crippen molar-refractivity contribution in [2.75, 3.05) is 25.2 Å². The Bertz CT molecular complexity index is 877. The quantitative estimate of drug-likeness (QED) is 0.257. The molecule has 0 aromatic carbocycles. The smallest absolute Gasteiger partial charge is 0.404 e. The molecule has 1 aromatic heterocycles. The van der Waals surface area contributed by atoms with Crippen LogP contribution in [0.2, 0.25) is 0 Å². The normalized spacial score (nSPS) is 23.3. The molecule has 2 atom stereocenters. The number of primary amides is 1. The summed E-state index contributed by atoms with van der Waals surface area (Å²) in [5, 5.41) is 18.8. The Hall–Kier alpha value is -2.36. The van der Waals surface area contributed by atoms with Gasteiger partial charge >= 0.3 is 12.1 Å². The highest BCUT2D eigenvalue weighted by Crippen LogP contribution is 2.46. The van der Waals surface area contributed by atoms with Crippen LogP contribution in [-0.4, -0.2) is 80.4 Å². The molecule has 2 aliphatic heterocycles. The number of hydrogen-bond acceptors (Lipinski definition) is 11. The van der Waals surface area contributed by atoms with Crippen LogP contribution in [0.1, 0.15) is 0 Å². The molecule has 0 spiro atoms. The minimum absolute atomic E-state index is 0.0235. The second-order valence-electron chi connectivity index (χ2n) is 5.68. The van der Waals surface area contributed by atoms with E-state index in [0.29, 0.717) is 4.34 Å². The molecule has 0 aliphatic carbocycles. The van der Waals surface area contributed by atoms with Crippen molar-refractivity contribution in [2.45, 2.75) is 15.4 Å². The predicted octanol–water partition coefficient (Wildman–Crippen LogP) is -0.562. The van der Waals surface area contributed by atoms with Crippen LogP contribution in [0, 0.1) is 0 Å². The highest BCUT2D eigenvalue weighted by atomic mass is 32.2. The van der Waals surface area contributed by atoms with Gasteiger partial charge in [0.25, 0.3) is 11.6 Å². The number of nitrogens with one attached hydrogen (secondary N) is 1. The summed E-state index contributed by atoms with van der Waals surface area (Å²) in [7, 11) is 1.25. The van der Waals surface area contributed by atoms with Crippen molar-refractivity contribution in [3.8, 4) is 0 Å². The third-order valence-corrected chi connectivity index (χ3v) is 7.25. The SMILES string of the molecule is CO[C@@]1(NC(=O)CSc2nncs2)C(=O)N2C(C(=O)O)=C(COC(N)=O)CS[C@@H]21. The summed E-state index contributed by atoms with van der Waals surface area (Å²) in [5.74, 6) is -2.46. The van der Waals surface area contributed by atoms with E-state index in [1.165, 1.54) is 35.7 Å². The first-order chi connectivity index (χ1) is 13.8. The molecule has 4 N–H and O–H groups in total. The number of fused-ring (bicyclic) bond motifs is 1. The van der Waals surface area contributed by atoms with Crippen molar-refractivity contribution in [2.24, 2.45) is 5.73 Å². The molecular weight excluding hydrogens is 446 g/mol. The molecule has 1 aromatic rings. The number of carbonyl (C=O) groups is 4. The Balaban J connectivity index is 1.75. The maximum Gasteiger partial charge on any atom is 0.404 e. The average molecular weight is 462 g/mol. The van der Waals surface area contributed by atoms with Crippen LogP contribution in [-0.2, 0) is 23.9 Å². The molecule has 15 heteroatoms. The standard InChI is InChI=1S/C14H15N5O7S3/c1-25-14(17-7(20)4-28-13-18-16-5-29-13)10(23)19-8(9(21)22)6(2-26-12(15)24)3-27-11(14)19/h5,11H,2-4H2,1H3,(H2,15,24)(H,17,20)(H,21,22)/t11-,14+/m1/s1. The number of aromatic nitrogens is 2. The molecule has 3 amide bonds. The summed E-state index contributed by atoms with van der Waals surface area (Å²) in [4.78, 5) is 48.7. The lowest BCUT2D eigenvalue weighted by atomic mass is 9.98. The summed E-state index contributed by atoms with van der Waals surface area (Å²) >= 11 is 3.59. The van der Waals surface area contributed by atoms with Crippen LogP contribution in [0.25, 0.3) is 0 Å². The van der Waals surface area contributed by atoms with Gasteiger partial charge in [-0.2, -0.15) is 0 Å². The summed E-state index contributed by atoms with van der Waals surface area (Å²) in [5.41, 5.74) is 4.66. The van der Waals surface area contributed by atoms with Gasteiger partial charge in [0.1, 0.15) is 23.2 Å². The van der Waals surface area contributed by atoms with Gasteiger partial charge in [-0.25, -0.2) is 9.59 Å². The van der Waals surface area contributed by atoms with Crippen molar-refractivity contribution in [1.29, 1.82) is 0 Å². The van der Waals surface area contributed by atoms with Crippen molar-refractivity contribution >= 4 is 58.7 Å². The number of nitrogens with zero attached hydrogens (tertiary/aromatic N) is 3. The maximum absolute atomic E-state index is 12.8. The number of aliphatic carboxylic acids is 1. The van der Waals surface area contributed by atoms with Crippen LogP contribution in [0.4, 0.5) is 4.79 Å². The Morgan fingerprint density at radius 1 is 1.52 bits per heavy atom. The Morgan fingerprint density at radius 2 is 2.28 bits per heavy atom. The molecule has 3 rings (SSSR count). The number of carboxylic acid groups (broad SMARTS) is 1. The highest BCUT2D eigenvalue weighted by Gasteiger charge is 2.66. The fourth-order valence-electron chi connectivity index (χ4n) is 2.81. The minimum atomic E-state index is -1.69. The summed E-state index contributed by atoms with van der Waals surface area (Å²) in [6.45, 7) is -0.356. The van der Waals surface area contributed by atoms with E-state index in [-0.39, 0.29) is 29.4 Å². The number of hydrogen-bond donors (Lipinski definition) is 3. The molecule has 12 nitrogen and oxygen atoms in total. The average Bonchev–Trinajstić information content (AvgIpc) is 3.21. The predicted molar refractivity (Wildman–Crippen MR) is 102 cm³/mol. The molecule has 0 radical (unpaired) electrons. The Kier molecular flexibility index (Phi) is 6.30. The van der Waals surface area contributed by atoms with Gasteiger partial charge in [-0.15, -0.1) is 22.0 Å². The zero-order valence-corrected chi connectivity index (χ0v) is 17.3. The number of methoxy groups -OCH3 is 1. The second kappa shape index (κ2) is 8.56. The van der Waals surface area contributed by atoms with Gasteiger partial charge in [-0.05, 0) is 0 Å². The molecule has 156 valence electrons. The molecule has 29 heavy (non-hydrogen) atoms. The lowest BCUT2D eigenvalue weighted by molar-refractivity contribution is -0.192. The van der Waals surface area contributed by atoms with Crippen molar-refractivity contribution in [3.63, 3.8) is 0 Å². The number of ether oxygens (including phenoxy) is 2. The number of carboxylic acids is 1. The van der Waals surface area contributed by atoms with E-state index < -0.39 is 35.0 Å². The fraction of sp³-hybridized carbons (Fsp3) is 0.429. The van der Waals surface area contributed by atoms with E-state index >= 15 is 0 Å². The first kappa shape index (κ1) is 21.4. The highest BCUT2D eigenvalue weighted by molar-refractivity contribution is 8.01. The third kappa shape index (κ3) is 4.03. The van der Waals surface area contributed by atoms with Gasteiger partial charge in [0, 0.05) is 18.4 Å². The molecule has 0 saturated carbocycles. The topological polar surface area (TPSA) is 174 Å². The Morgan fingerprint density at radius 3 is 2.86 bits per heavy atom. The molecule has 0 bridgehead atoms. The van der Waals surface area contributed by atoms with Gasteiger partial charge in [0.15, 0.2) is 4.34 Å². The molecule has 3 heterocycles. The van der Waals surface area contributed by atoms with Gasteiger partial charge in [0.2, 0.25) is 5.91 Å².